The number of carbonyl (C=O) groups is 3. The molecule has 3 aromatic rings. The Morgan fingerprint density at radius 1 is 1.03 bits per heavy atom. The molecule has 2 heterocycles. The fourth-order valence-corrected chi connectivity index (χ4v) is 6.67. The van der Waals surface area contributed by atoms with Crippen LogP contribution < -0.4 is 10.2 Å². The summed E-state index contributed by atoms with van der Waals surface area (Å²) in [6.45, 7) is 1.36. The van der Waals surface area contributed by atoms with E-state index in [0.717, 1.165) is 28.3 Å². The van der Waals surface area contributed by atoms with Crippen LogP contribution in [0, 0.1) is 11.3 Å². The van der Waals surface area contributed by atoms with Crippen LogP contribution in [0.15, 0.2) is 76.7 Å². The number of carbonyl (C=O) groups excluding carboxylic acids is 3. The topological polar surface area (TPSA) is 90.3 Å². The van der Waals surface area contributed by atoms with E-state index < -0.39 is 11.7 Å². The average Bonchev–Trinajstić information content (AvgIpc) is 3.47. The number of nitrogens with zero attached hydrogens (tertiary/aromatic N) is 2. The number of nitrogens with one attached hydrogen (secondary N) is 1. The first-order valence-electron chi connectivity index (χ1n) is 11.4. The molecule has 1 aliphatic heterocycles. The van der Waals surface area contributed by atoms with Gasteiger partial charge in [0.2, 0.25) is 0 Å². The predicted octanol–water partition coefficient (Wildman–Crippen LogP) is 6.13. The average molecular weight is 512 g/mol. The van der Waals surface area contributed by atoms with Gasteiger partial charge in [-0.15, -0.1) is 11.3 Å². The summed E-state index contributed by atoms with van der Waals surface area (Å²) in [6, 6.07) is 21.5. The number of ketones is 2. The van der Waals surface area contributed by atoms with Gasteiger partial charge in [0.05, 0.1) is 16.1 Å². The highest BCUT2D eigenvalue weighted by molar-refractivity contribution is 8.06. The Balaban J connectivity index is 1.58. The predicted molar refractivity (Wildman–Crippen MR) is 144 cm³/mol. The van der Waals surface area contributed by atoms with Crippen molar-refractivity contribution in [1.29, 1.82) is 5.26 Å². The smallest absolute Gasteiger partial charge is 0.262 e. The van der Waals surface area contributed by atoms with Crippen molar-refractivity contribution in [2.75, 3.05) is 10.2 Å². The van der Waals surface area contributed by atoms with Gasteiger partial charge in [0.15, 0.2) is 11.6 Å². The molecule has 2 aromatic carbocycles. The third-order valence-electron chi connectivity index (χ3n) is 6.03. The van der Waals surface area contributed by atoms with Gasteiger partial charge in [0.1, 0.15) is 21.7 Å². The molecule has 1 aromatic heterocycles. The molecular formula is C28H21N3O3S2. The van der Waals surface area contributed by atoms with Crippen molar-refractivity contribution in [3.05, 3.63) is 98.2 Å². The van der Waals surface area contributed by atoms with Crippen molar-refractivity contribution in [2.24, 2.45) is 0 Å². The second-order valence-corrected chi connectivity index (χ2v) is 10.2. The Labute approximate surface area is 216 Å². The first-order valence-corrected chi connectivity index (χ1v) is 13.1. The molecule has 6 nitrogen and oxygen atoms in total. The number of para-hydroxylation sites is 1. The lowest BCUT2D eigenvalue weighted by Gasteiger charge is -2.25. The molecule has 0 saturated heterocycles. The molecule has 0 fully saturated rings. The second kappa shape index (κ2) is 9.97. The zero-order valence-corrected chi connectivity index (χ0v) is 21.0. The summed E-state index contributed by atoms with van der Waals surface area (Å²) in [5, 5.41) is 15.3. The van der Waals surface area contributed by atoms with E-state index in [4.69, 9.17) is 0 Å². The van der Waals surface area contributed by atoms with Crippen LogP contribution in [0.5, 0.6) is 0 Å². The maximum absolute atomic E-state index is 13.6. The van der Waals surface area contributed by atoms with Gasteiger partial charge in [0, 0.05) is 17.5 Å². The molecule has 1 aliphatic carbocycles. The van der Waals surface area contributed by atoms with Crippen molar-refractivity contribution in [3.8, 4) is 6.07 Å². The minimum absolute atomic E-state index is 0.00683. The molecule has 5 rings (SSSR count). The van der Waals surface area contributed by atoms with Crippen molar-refractivity contribution in [3.63, 3.8) is 0 Å². The minimum Gasteiger partial charge on any atom is -0.312 e. The minimum atomic E-state index is -0.601. The van der Waals surface area contributed by atoms with Crippen LogP contribution in [-0.2, 0) is 16.0 Å². The number of Topliss-reactive ketones (excluding diaryl/α,β-unsaturated/α-hetero) is 2. The number of hydrogen-bond acceptors (Lipinski definition) is 7. The van der Waals surface area contributed by atoms with Gasteiger partial charge in [-0.1, -0.05) is 60.3 Å². The molecular weight excluding hydrogens is 490 g/mol. The number of rotatable bonds is 5. The van der Waals surface area contributed by atoms with Crippen LogP contribution >= 0.6 is 23.1 Å². The summed E-state index contributed by atoms with van der Waals surface area (Å²) >= 11 is 2.43. The van der Waals surface area contributed by atoms with E-state index in [9.17, 15) is 19.6 Å². The Morgan fingerprint density at radius 2 is 1.72 bits per heavy atom. The summed E-state index contributed by atoms with van der Waals surface area (Å²) in [5.41, 5.74) is 3.61. The van der Waals surface area contributed by atoms with Crippen molar-refractivity contribution in [1.82, 2.24) is 0 Å². The number of hydrogen-bond donors (Lipinski definition) is 1. The van der Waals surface area contributed by atoms with E-state index in [1.807, 2.05) is 71.0 Å². The third-order valence-corrected chi connectivity index (χ3v) is 8.17. The van der Waals surface area contributed by atoms with Gasteiger partial charge in [-0.3, -0.25) is 14.4 Å². The van der Waals surface area contributed by atoms with E-state index in [1.165, 1.54) is 18.7 Å². The molecule has 0 bridgehead atoms. The molecule has 1 amide bonds. The number of anilines is 2. The lowest BCUT2D eigenvalue weighted by Crippen LogP contribution is -2.26. The maximum atomic E-state index is 13.6. The standard InChI is InChI=1S/C28H21N3O3S2/c1-17(32)24(26(34)30-27-21(15-29)20-13-8-14-23(33)25(20)36-27)28-31(19-11-6-3-7-12-19)22(16-35-28)18-9-4-2-5-10-18/h2-7,9-12,16H,8,13-14H2,1H3,(H,30,34)/b28-24+. The first kappa shape index (κ1) is 23.8. The van der Waals surface area contributed by atoms with Crippen molar-refractivity contribution >= 4 is 57.0 Å². The highest BCUT2D eigenvalue weighted by Crippen LogP contribution is 2.45. The SMILES string of the molecule is CC(=O)/C(C(=O)Nc1sc2c(c1C#N)CCCC2=O)=C1\SC=C(c2ccccc2)N1c1ccccc1. The summed E-state index contributed by atoms with van der Waals surface area (Å²) in [5.74, 6) is -1.01. The fourth-order valence-electron chi connectivity index (χ4n) is 4.38. The van der Waals surface area contributed by atoms with Crippen molar-refractivity contribution in [2.45, 2.75) is 26.2 Å². The number of thioether (sulfide) groups is 1. The van der Waals surface area contributed by atoms with Crippen LogP contribution in [0.2, 0.25) is 0 Å². The number of thiophene rings is 1. The van der Waals surface area contributed by atoms with Gasteiger partial charge in [0.25, 0.3) is 5.91 Å². The molecule has 0 radical (unpaired) electrons. The van der Waals surface area contributed by atoms with Gasteiger partial charge in [-0.2, -0.15) is 5.26 Å². The lowest BCUT2D eigenvalue weighted by atomic mass is 9.95. The molecule has 36 heavy (non-hydrogen) atoms. The Kier molecular flexibility index (Phi) is 6.59. The normalized spacial score (nSPS) is 16.2. The van der Waals surface area contributed by atoms with Crippen LogP contribution in [0.25, 0.3) is 5.70 Å². The van der Waals surface area contributed by atoms with Gasteiger partial charge in [-0.05, 0) is 43.0 Å². The number of amides is 1. The zero-order chi connectivity index (χ0) is 25.2. The quantitative estimate of drug-likeness (QED) is 0.252. The molecule has 0 spiro atoms. The molecule has 1 N–H and O–H groups in total. The Hall–Kier alpha value is -3.93. The van der Waals surface area contributed by atoms with E-state index in [1.54, 1.807) is 0 Å². The van der Waals surface area contributed by atoms with E-state index in [-0.39, 0.29) is 11.4 Å². The second-order valence-electron chi connectivity index (χ2n) is 8.35. The molecule has 8 heteroatoms. The molecule has 0 unspecified atom stereocenters. The van der Waals surface area contributed by atoms with Crippen LogP contribution in [0.3, 0.4) is 0 Å². The molecule has 2 aliphatic rings. The highest BCUT2D eigenvalue weighted by atomic mass is 32.2. The Morgan fingerprint density at radius 3 is 2.39 bits per heavy atom. The summed E-state index contributed by atoms with van der Waals surface area (Å²) < 4.78 is 0. The molecule has 178 valence electrons. The van der Waals surface area contributed by atoms with Crippen LogP contribution in [-0.4, -0.2) is 17.5 Å². The van der Waals surface area contributed by atoms with Crippen LogP contribution in [0.1, 0.15) is 46.1 Å². The summed E-state index contributed by atoms with van der Waals surface area (Å²) in [4.78, 5) is 41.3. The monoisotopic (exact) mass is 511 g/mol. The zero-order valence-electron chi connectivity index (χ0n) is 19.4. The van der Waals surface area contributed by atoms with E-state index in [2.05, 4.69) is 11.4 Å². The van der Waals surface area contributed by atoms with E-state index in [0.29, 0.717) is 45.3 Å². The van der Waals surface area contributed by atoms with Gasteiger partial charge < -0.3 is 10.2 Å². The van der Waals surface area contributed by atoms with Gasteiger partial charge >= 0.3 is 0 Å². The Bertz CT molecular complexity index is 1480. The number of nitriles is 1. The third kappa shape index (κ3) is 4.28. The van der Waals surface area contributed by atoms with Crippen LogP contribution in [0.4, 0.5) is 10.7 Å². The van der Waals surface area contributed by atoms with Gasteiger partial charge in [-0.25, -0.2) is 0 Å². The van der Waals surface area contributed by atoms with E-state index >= 15 is 0 Å². The molecule has 0 atom stereocenters. The first-order chi connectivity index (χ1) is 17.5. The number of benzene rings is 2. The highest BCUT2D eigenvalue weighted by Gasteiger charge is 2.33. The van der Waals surface area contributed by atoms with Crippen molar-refractivity contribution < 1.29 is 14.4 Å². The number of fused-ring (bicyclic) bond motifs is 1. The summed E-state index contributed by atoms with van der Waals surface area (Å²) in [6.07, 6.45) is 1.74. The fraction of sp³-hybridized carbons (Fsp3) is 0.143. The summed E-state index contributed by atoms with van der Waals surface area (Å²) in [7, 11) is 0. The molecule has 0 saturated carbocycles. The largest absolute Gasteiger partial charge is 0.312 e. The maximum Gasteiger partial charge on any atom is 0.262 e. The lowest BCUT2D eigenvalue weighted by molar-refractivity contribution is -0.118.